The van der Waals surface area contributed by atoms with Gasteiger partial charge in [-0.3, -0.25) is 4.90 Å². The Bertz CT molecular complexity index is 121. The third-order valence-electron chi connectivity index (χ3n) is 1.37. The molecule has 0 unspecified atom stereocenters. The monoisotopic (exact) mass is 144 g/mol. The summed E-state index contributed by atoms with van der Waals surface area (Å²) in [7, 11) is 0. The first kappa shape index (κ1) is 7.34. The maximum atomic E-state index is 11.0. The number of nitrogens with one attached hydrogen (secondary N) is 1. The van der Waals surface area contributed by atoms with Crippen LogP contribution in [0.1, 0.15) is 6.92 Å². The Morgan fingerprint density at radius 1 is 1.80 bits per heavy atom. The van der Waals surface area contributed by atoms with Gasteiger partial charge >= 0.3 is 6.03 Å². The van der Waals surface area contributed by atoms with Gasteiger partial charge in [0.15, 0.2) is 0 Å². The van der Waals surface area contributed by atoms with Gasteiger partial charge < -0.3 is 10.1 Å². The number of hydrogen-bond acceptors (Lipinski definition) is 2. The number of hydrogen-bond donors (Lipinski definition) is 1. The Labute approximate surface area is 60.1 Å². The molecule has 1 saturated heterocycles. The van der Waals surface area contributed by atoms with E-state index in [-0.39, 0.29) is 6.03 Å². The average Bonchev–Trinajstić information content (AvgIpc) is 2.38. The van der Waals surface area contributed by atoms with E-state index >= 15 is 0 Å². The number of carbonyl (C=O) groups excluding carboxylic acids is 1. The smallest absolute Gasteiger partial charge is 0.319 e. The molecule has 4 nitrogen and oxygen atoms in total. The average molecular weight is 144 g/mol. The van der Waals surface area contributed by atoms with Gasteiger partial charge in [0.1, 0.15) is 6.73 Å². The number of rotatable bonds is 1. The van der Waals surface area contributed by atoms with Gasteiger partial charge in [0, 0.05) is 13.1 Å². The van der Waals surface area contributed by atoms with Crippen LogP contribution >= 0.6 is 0 Å². The highest BCUT2D eigenvalue weighted by Crippen LogP contribution is 1.97. The van der Waals surface area contributed by atoms with E-state index in [0.29, 0.717) is 26.4 Å². The number of carbonyl (C=O) groups is 1. The van der Waals surface area contributed by atoms with Gasteiger partial charge in [0.25, 0.3) is 0 Å². The molecule has 2 amide bonds. The maximum absolute atomic E-state index is 11.0. The van der Waals surface area contributed by atoms with Crippen molar-refractivity contribution in [3.8, 4) is 0 Å². The third-order valence-corrected chi connectivity index (χ3v) is 1.37. The summed E-state index contributed by atoms with van der Waals surface area (Å²) in [6.45, 7) is 4.39. The maximum Gasteiger partial charge on any atom is 0.319 e. The predicted molar refractivity (Wildman–Crippen MR) is 36.6 cm³/mol. The molecule has 10 heavy (non-hydrogen) atoms. The van der Waals surface area contributed by atoms with Crippen LogP contribution in [0, 0.1) is 0 Å². The summed E-state index contributed by atoms with van der Waals surface area (Å²) >= 11 is 0. The lowest BCUT2D eigenvalue weighted by Crippen LogP contribution is -2.37. The minimum absolute atomic E-state index is 0.0278. The molecule has 0 saturated carbocycles. The van der Waals surface area contributed by atoms with Gasteiger partial charge in [-0.15, -0.1) is 0 Å². The molecule has 1 rings (SSSR count). The fourth-order valence-electron chi connectivity index (χ4n) is 0.837. The number of urea groups is 1. The molecular formula is C6H12N2O2. The molecule has 0 bridgehead atoms. The molecule has 1 heterocycles. The highest BCUT2D eigenvalue weighted by atomic mass is 16.5. The second-order valence-electron chi connectivity index (χ2n) is 2.14. The van der Waals surface area contributed by atoms with Crippen molar-refractivity contribution in [2.24, 2.45) is 0 Å². The SMILES string of the molecule is CCNC(=O)N1CCOC1. The highest BCUT2D eigenvalue weighted by Gasteiger charge is 2.16. The topological polar surface area (TPSA) is 41.6 Å². The van der Waals surface area contributed by atoms with E-state index in [1.54, 1.807) is 4.90 Å². The molecule has 0 spiro atoms. The van der Waals surface area contributed by atoms with Gasteiger partial charge in [0.2, 0.25) is 0 Å². The van der Waals surface area contributed by atoms with Crippen molar-refractivity contribution in [3.05, 3.63) is 0 Å². The fraction of sp³-hybridized carbons (Fsp3) is 0.833. The second-order valence-corrected chi connectivity index (χ2v) is 2.14. The van der Waals surface area contributed by atoms with E-state index < -0.39 is 0 Å². The van der Waals surface area contributed by atoms with Crippen LogP contribution in [0.4, 0.5) is 4.79 Å². The lowest BCUT2D eigenvalue weighted by molar-refractivity contribution is 0.144. The molecule has 0 aromatic heterocycles. The van der Waals surface area contributed by atoms with Crippen LogP contribution in [-0.2, 0) is 4.74 Å². The Balaban J connectivity index is 2.25. The van der Waals surface area contributed by atoms with E-state index in [1.165, 1.54) is 0 Å². The Hall–Kier alpha value is -0.770. The summed E-state index contributed by atoms with van der Waals surface area (Å²) in [5.74, 6) is 0. The zero-order valence-electron chi connectivity index (χ0n) is 6.09. The van der Waals surface area contributed by atoms with Crippen molar-refractivity contribution in [1.29, 1.82) is 0 Å². The lowest BCUT2D eigenvalue weighted by Gasteiger charge is -2.12. The lowest BCUT2D eigenvalue weighted by atomic mass is 10.6. The van der Waals surface area contributed by atoms with E-state index in [4.69, 9.17) is 4.74 Å². The molecule has 0 aliphatic carbocycles. The Morgan fingerprint density at radius 3 is 3.10 bits per heavy atom. The normalized spacial score (nSPS) is 17.5. The minimum Gasteiger partial charge on any atom is -0.359 e. The highest BCUT2D eigenvalue weighted by molar-refractivity contribution is 5.74. The summed E-state index contributed by atoms with van der Waals surface area (Å²) in [6.07, 6.45) is 0. The van der Waals surface area contributed by atoms with Crippen molar-refractivity contribution >= 4 is 6.03 Å². The molecule has 1 N–H and O–H groups in total. The summed E-state index contributed by atoms with van der Waals surface area (Å²) in [5.41, 5.74) is 0. The van der Waals surface area contributed by atoms with E-state index in [2.05, 4.69) is 5.32 Å². The molecular weight excluding hydrogens is 132 g/mol. The van der Waals surface area contributed by atoms with Gasteiger partial charge in [0.05, 0.1) is 6.61 Å². The number of ether oxygens (including phenoxy) is 1. The number of amides is 2. The molecule has 0 aromatic rings. The van der Waals surface area contributed by atoms with Crippen LogP contribution < -0.4 is 5.32 Å². The first-order valence-corrected chi connectivity index (χ1v) is 3.45. The van der Waals surface area contributed by atoms with Crippen molar-refractivity contribution in [1.82, 2.24) is 10.2 Å². The molecule has 4 heteroatoms. The Kier molecular flexibility index (Phi) is 2.50. The van der Waals surface area contributed by atoms with Crippen LogP contribution in [-0.4, -0.2) is 37.4 Å². The number of nitrogens with zero attached hydrogens (tertiary/aromatic N) is 1. The fourth-order valence-corrected chi connectivity index (χ4v) is 0.837. The summed E-state index contributed by atoms with van der Waals surface area (Å²) < 4.78 is 4.99. The largest absolute Gasteiger partial charge is 0.359 e. The van der Waals surface area contributed by atoms with Gasteiger partial charge in [-0.05, 0) is 6.92 Å². The molecule has 0 aromatic carbocycles. The molecule has 58 valence electrons. The first-order chi connectivity index (χ1) is 4.84. The summed E-state index contributed by atoms with van der Waals surface area (Å²) in [5, 5.41) is 2.69. The summed E-state index contributed by atoms with van der Waals surface area (Å²) in [6, 6.07) is -0.0278. The summed E-state index contributed by atoms with van der Waals surface area (Å²) in [4.78, 5) is 12.6. The standard InChI is InChI=1S/C6H12N2O2/c1-2-7-6(9)8-3-4-10-5-8/h2-5H2,1H3,(H,7,9). The van der Waals surface area contributed by atoms with Crippen molar-refractivity contribution in [2.75, 3.05) is 26.4 Å². The van der Waals surface area contributed by atoms with Gasteiger partial charge in [-0.1, -0.05) is 0 Å². The molecule has 1 fully saturated rings. The van der Waals surface area contributed by atoms with Crippen LogP contribution in [0.2, 0.25) is 0 Å². The van der Waals surface area contributed by atoms with Crippen LogP contribution in [0.15, 0.2) is 0 Å². The van der Waals surface area contributed by atoms with Crippen molar-refractivity contribution in [3.63, 3.8) is 0 Å². The molecule has 1 aliphatic rings. The predicted octanol–water partition coefficient (Wildman–Crippen LogP) is 0.00560. The second kappa shape index (κ2) is 3.41. The van der Waals surface area contributed by atoms with Gasteiger partial charge in [-0.2, -0.15) is 0 Å². The van der Waals surface area contributed by atoms with E-state index in [9.17, 15) is 4.79 Å². The van der Waals surface area contributed by atoms with Crippen LogP contribution in [0.25, 0.3) is 0 Å². The zero-order valence-corrected chi connectivity index (χ0v) is 6.09. The first-order valence-electron chi connectivity index (χ1n) is 3.45. The van der Waals surface area contributed by atoms with Crippen LogP contribution in [0.5, 0.6) is 0 Å². The molecule has 0 radical (unpaired) electrons. The third kappa shape index (κ3) is 1.60. The molecule has 0 atom stereocenters. The quantitative estimate of drug-likeness (QED) is 0.563. The molecule has 1 aliphatic heterocycles. The van der Waals surface area contributed by atoms with Crippen LogP contribution in [0.3, 0.4) is 0 Å². The van der Waals surface area contributed by atoms with Crippen molar-refractivity contribution < 1.29 is 9.53 Å². The van der Waals surface area contributed by atoms with Crippen molar-refractivity contribution in [2.45, 2.75) is 6.92 Å². The Morgan fingerprint density at radius 2 is 2.60 bits per heavy atom. The zero-order chi connectivity index (χ0) is 7.40. The minimum atomic E-state index is -0.0278. The van der Waals surface area contributed by atoms with E-state index in [1.807, 2.05) is 6.92 Å². The van der Waals surface area contributed by atoms with E-state index in [0.717, 1.165) is 0 Å². The van der Waals surface area contributed by atoms with Gasteiger partial charge in [-0.25, -0.2) is 4.79 Å².